The van der Waals surface area contributed by atoms with Crippen molar-refractivity contribution in [2.75, 3.05) is 39.5 Å². The smallest absolute Gasteiger partial charge is 0.338 e. The Bertz CT molecular complexity index is 540. The first kappa shape index (κ1) is 17.4. The van der Waals surface area contributed by atoms with Crippen molar-refractivity contribution < 1.29 is 19.0 Å². The minimum atomic E-state index is -0.261. The molecule has 5 heteroatoms. The third-order valence-electron chi connectivity index (χ3n) is 4.77. The van der Waals surface area contributed by atoms with Crippen molar-refractivity contribution in [3.05, 3.63) is 35.9 Å². The Morgan fingerprint density at radius 3 is 2.67 bits per heavy atom. The molecule has 132 valence electrons. The van der Waals surface area contributed by atoms with Crippen molar-refractivity contribution in [3.8, 4) is 0 Å². The van der Waals surface area contributed by atoms with Gasteiger partial charge in [-0.3, -0.25) is 4.90 Å². The largest absolute Gasteiger partial charge is 0.458 e. The van der Waals surface area contributed by atoms with Gasteiger partial charge in [-0.1, -0.05) is 18.2 Å². The molecular weight excluding hydrogens is 306 g/mol. The van der Waals surface area contributed by atoms with Crippen LogP contribution in [0.1, 0.15) is 30.6 Å². The molecule has 2 heterocycles. The summed E-state index contributed by atoms with van der Waals surface area (Å²) < 4.78 is 17.3. The van der Waals surface area contributed by atoms with Crippen LogP contribution < -0.4 is 0 Å². The highest BCUT2D eigenvalue weighted by Gasteiger charge is 2.39. The summed E-state index contributed by atoms with van der Waals surface area (Å²) in [6.45, 7) is 9.02. The molecule has 0 N–H and O–H groups in total. The summed E-state index contributed by atoms with van der Waals surface area (Å²) in [5, 5.41) is 0. The van der Waals surface area contributed by atoms with Crippen molar-refractivity contribution in [2.45, 2.75) is 32.0 Å². The van der Waals surface area contributed by atoms with E-state index < -0.39 is 0 Å². The fourth-order valence-electron chi connectivity index (χ4n) is 3.35. The number of carbonyl (C=O) groups is 1. The maximum absolute atomic E-state index is 12.5. The molecule has 0 saturated carbocycles. The molecule has 0 spiro atoms. The molecule has 24 heavy (non-hydrogen) atoms. The van der Waals surface area contributed by atoms with Crippen molar-refractivity contribution in [1.82, 2.24) is 4.90 Å². The lowest BCUT2D eigenvalue weighted by molar-refractivity contribution is -0.139. The van der Waals surface area contributed by atoms with Crippen LogP contribution in [0.5, 0.6) is 0 Å². The molecule has 0 aliphatic carbocycles. The molecule has 2 saturated heterocycles. The normalized spacial score (nSPS) is 27.6. The second-order valence-electron chi connectivity index (χ2n) is 7.26. The van der Waals surface area contributed by atoms with E-state index in [1.165, 1.54) is 0 Å². The Balaban J connectivity index is 1.66. The Morgan fingerprint density at radius 2 is 1.96 bits per heavy atom. The number of hydrogen-bond donors (Lipinski definition) is 0. The Kier molecular flexibility index (Phi) is 5.54. The molecule has 2 atom stereocenters. The highest BCUT2D eigenvalue weighted by Crippen LogP contribution is 2.31. The van der Waals surface area contributed by atoms with Gasteiger partial charge in [0.25, 0.3) is 0 Å². The lowest BCUT2D eigenvalue weighted by Crippen LogP contribution is -2.50. The molecule has 0 bridgehead atoms. The number of rotatable bonds is 4. The molecule has 1 aromatic carbocycles. The fourth-order valence-corrected chi connectivity index (χ4v) is 3.35. The highest BCUT2D eigenvalue weighted by atomic mass is 16.6. The topological polar surface area (TPSA) is 48.0 Å². The number of morpholine rings is 1. The van der Waals surface area contributed by atoms with Gasteiger partial charge in [0.1, 0.15) is 6.10 Å². The Morgan fingerprint density at radius 1 is 1.25 bits per heavy atom. The van der Waals surface area contributed by atoms with Gasteiger partial charge in [0.05, 0.1) is 31.0 Å². The molecule has 5 nitrogen and oxygen atoms in total. The molecule has 3 rings (SSSR count). The van der Waals surface area contributed by atoms with Crippen LogP contribution in [0.4, 0.5) is 0 Å². The zero-order chi connectivity index (χ0) is 17.0. The summed E-state index contributed by atoms with van der Waals surface area (Å²) in [7, 11) is 0. The lowest BCUT2D eigenvalue weighted by Gasteiger charge is -2.42. The van der Waals surface area contributed by atoms with E-state index in [2.05, 4.69) is 18.7 Å². The summed E-state index contributed by atoms with van der Waals surface area (Å²) in [4.78, 5) is 14.8. The molecule has 0 aromatic heterocycles. The van der Waals surface area contributed by atoms with Gasteiger partial charge in [-0.05, 0) is 26.0 Å². The SMILES string of the molecule is CC1(C)CC(OC(=O)c2ccccc2)C(CN2CCOCC2)CO1. The number of hydrogen-bond acceptors (Lipinski definition) is 5. The van der Waals surface area contributed by atoms with Gasteiger partial charge >= 0.3 is 5.97 Å². The molecule has 2 aliphatic heterocycles. The Hall–Kier alpha value is -1.43. The second kappa shape index (κ2) is 7.64. The monoisotopic (exact) mass is 333 g/mol. The van der Waals surface area contributed by atoms with Gasteiger partial charge in [-0.15, -0.1) is 0 Å². The number of esters is 1. The zero-order valence-electron chi connectivity index (χ0n) is 14.6. The maximum atomic E-state index is 12.5. The maximum Gasteiger partial charge on any atom is 0.338 e. The number of carbonyl (C=O) groups excluding carboxylic acids is 1. The third kappa shape index (κ3) is 4.56. The van der Waals surface area contributed by atoms with Gasteiger partial charge in [0.2, 0.25) is 0 Å². The van der Waals surface area contributed by atoms with Crippen LogP contribution in [-0.2, 0) is 14.2 Å². The van der Waals surface area contributed by atoms with Crippen LogP contribution in [0.2, 0.25) is 0 Å². The quantitative estimate of drug-likeness (QED) is 0.792. The average molecular weight is 333 g/mol. The average Bonchev–Trinajstić information content (AvgIpc) is 2.59. The molecule has 0 radical (unpaired) electrons. The van der Waals surface area contributed by atoms with Crippen LogP contribution in [0.15, 0.2) is 30.3 Å². The van der Waals surface area contributed by atoms with Crippen molar-refractivity contribution in [3.63, 3.8) is 0 Å². The van der Waals surface area contributed by atoms with E-state index in [-0.39, 0.29) is 23.6 Å². The summed E-state index contributed by atoms with van der Waals surface area (Å²) in [5.41, 5.74) is 0.343. The van der Waals surface area contributed by atoms with E-state index in [1.54, 1.807) is 12.1 Å². The van der Waals surface area contributed by atoms with Crippen LogP contribution >= 0.6 is 0 Å². The van der Waals surface area contributed by atoms with Gasteiger partial charge in [-0.25, -0.2) is 4.79 Å². The van der Waals surface area contributed by atoms with Crippen LogP contribution in [0, 0.1) is 5.92 Å². The first-order valence-electron chi connectivity index (χ1n) is 8.74. The zero-order valence-corrected chi connectivity index (χ0v) is 14.6. The third-order valence-corrected chi connectivity index (χ3v) is 4.77. The van der Waals surface area contributed by atoms with Crippen LogP contribution in [-0.4, -0.2) is 62.0 Å². The predicted octanol–water partition coefficient (Wildman–Crippen LogP) is 2.36. The standard InChI is InChI=1S/C19H27NO4/c1-19(2)12-17(24-18(21)15-6-4-3-5-7-15)16(14-23-19)13-20-8-10-22-11-9-20/h3-7,16-17H,8-14H2,1-2H3. The number of benzene rings is 1. The Labute approximate surface area is 143 Å². The number of nitrogens with zero attached hydrogens (tertiary/aromatic N) is 1. The van der Waals surface area contributed by atoms with Crippen LogP contribution in [0.25, 0.3) is 0 Å². The summed E-state index contributed by atoms with van der Waals surface area (Å²) in [5.74, 6) is -0.0472. The molecule has 0 amide bonds. The molecule has 2 unspecified atom stereocenters. The molecule has 2 aliphatic rings. The molecule has 1 aromatic rings. The van der Waals surface area contributed by atoms with Crippen molar-refractivity contribution in [2.24, 2.45) is 5.92 Å². The van der Waals surface area contributed by atoms with E-state index in [9.17, 15) is 4.79 Å². The van der Waals surface area contributed by atoms with Crippen molar-refractivity contribution >= 4 is 5.97 Å². The van der Waals surface area contributed by atoms with E-state index in [1.807, 2.05) is 18.2 Å². The first-order valence-corrected chi connectivity index (χ1v) is 8.74. The van der Waals surface area contributed by atoms with Crippen molar-refractivity contribution in [1.29, 1.82) is 0 Å². The van der Waals surface area contributed by atoms with Gasteiger partial charge in [0, 0.05) is 32.0 Å². The van der Waals surface area contributed by atoms with Gasteiger partial charge in [0.15, 0.2) is 0 Å². The first-order chi connectivity index (χ1) is 11.5. The van der Waals surface area contributed by atoms with E-state index >= 15 is 0 Å². The van der Waals surface area contributed by atoms with Gasteiger partial charge < -0.3 is 14.2 Å². The van der Waals surface area contributed by atoms with Crippen LogP contribution in [0.3, 0.4) is 0 Å². The summed E-state index contributed by atoms with van der Waals surface area (Å²) in [6.07, 6.45) is 0.602. The van der Waals surface area contributed by atoms with E-state index in [4.69, 9.17) is 14.2 Å². The minimum Gasteiger partial charge on any atom is -0.458 e. The number of ether oxygens (including phenoxy) is 3. The summed E-state index contributed by atoms with van der Waals surface area (Å²) in [6, 6.07) is 9.20. The highest BCUT2D eigenvalue weighted by molar-refractivity contribution is 5.89. The minimum absolute atomic E-state index is 0.121. The van der Waals surface area contributed by atoms with Gasteiger partial charge in [-0.2, -0.15) is 0 Å². The fraction of sp³-hybridized carbons (Fsp3) is 0.632. The summed E-state index contributed by atoms with van der Waals surface area (Å²) >= 11 is 0. The predicted molar refractivity (Wildman–Crippen MR) is 91.0 cm³/mol. The molecule has 2 fully saturated rings. The van der Waals surface area contributed by atoms with E-state index in [0.717, 1.165) is 39.3 Å². The second-order valence-corrected chi connectivity index (χ2v) is 7.26. The lowest BCUT2D eigenvalue weighted by atomic mass is 9.88. The molecular formula is C19H27NO4. The van der Waals surface area contributed by atoms with E-state index in [0.29, 0.717) is 12.2 Å².